The highest BCUT2D eigenvalue weighted by Crippen LogP contribution is 2.33. The summed E-state index contributed by atoms with van der Waals surface area (Å²) in [7, 11) is 0. The van der Waals surface area contributed by atoms with Crippen molar-refractivity contribution in [3.63, 3.8) is 0 Å². The molecule has 8 nitrogen and oxygen atoms in total. The number of alkyl carbamates (subject to hydrolysis) is 1. The molecule has 0 spiro atoms. The largest absolute Gasteiger partial charge is 0.508 e. The molecule has 3 N–H and O–H groups in total. The number of hydrogen-bond donors (Lipinski definition) is 3. The van der Waals surface area contributed by atoms with Gasteiger partial charge >= 0.3 is 6.09 Å². The maximum atomic E-state index is 14.5. The fourth-order valence-corrected chi connectivity index (χ4v) is 4.61. The summed E-state index contributed by atoms with van der Waals surface area (Å²) in [6.07, 6.45) is 1.39. The van der Waals surface area contributed by atoms with E-state index in [2.05, 4.69) is 24.5 Å². The van der Waals surface area contributed by atoms with Crippen LogP contribution in [0.5, 0.6) is 5.75 Å². The summed E-state index contributed by atoms with van der Waals surface area (Å²) in [6.45, 7) is 15.5. The molecular formula is C33H49N3O5. The monoisotopic (exact) mass is 567 g/mol. The van der Waals surface area contributed by atoms with Gasteiger partial charge in [0.25, 0.3) is 0 Å². The fourth-order valence-electron chi connectivity index (χ4n) is 4.61. The van der Waals surface area contributed by atoms with Crippen LogP contribution in [0.25, 0.3) is 0 Å². The molecule has 0 saturated heterocycles. The first-order valence-corrected chi connectivity index (χ1v) is 14.7. The number of rotatable bonds is 13. The highest BCUT2D eigenvalue weighted by atomic mass is 16.6. The number of nitrogens with one attached hydrogen (secondary N) is 2. The molecule has 8 heteroatoms. The van der Waals surface area contributed by atoms with E-state index in [0.29, 0.717) is 24.3 Å². The molecule has 0 aromatic heterocycles. The first-order valence-electron chi connectivity index (χ1n) is 14.7. The molecule has 3 amide bonds. The van der Waals surface area contributed by atoms with E-state index in [1.54, 1.807) is 43.9 Å². The number of nitrogens with zero attached hydrogens (tertiary/aromatic N) is 1. The molecule has 41 heavy (non-hydrogen) atoms. The van der Waals surface area contributed by atoms with Gasteiger partial charge in [0.15, 0.2) is 0 Å². The molecule has 0 heterocycles. The van der Waals surface area contributed by atoms with Gasteiger partial charge < -0.3 is 25.4 Å². The van der Waals surface area contributed by atoms with E-state index in [-0.39, 0.29) is 24.3 Å². The Morgan fingerprint density at radius 1 is 0.927 bits per heavy atom. The summed E-state index contributed by atoms with van der Waals surface area (Å²) in [5, 5.41) is 16.7. The zero-order chi connectivity index (χ0) is 30.7. The average molecular weight is 568 g/mol. The molecule has 0 radical (unpaired) electrons. The van der Waals surface area contributed by atoms with Gasteiger partial charge in [0.1, 0.15) is 23.4 Å². The number of phenolic OH excluding ortho intramolecular Hbond substituents is 1. The van der Waals surface area contributed by atoms with Crippen LogP contribution < -0.4 is 10.6 Å². The molecular weight excluding hydrogens is 518 g/mol. The molecule has 4 unspecified atom stereocenters. The Kier molecular flexibility index (Phi) is 12.7. The van der Waals surface area contributed by atoms with Crippen molar-refractivity contribution in [1.29, 1.82) is 0 Å². The number of hydrogen-bond acceptors (Lipinski definition) is 5. The van der Waals surface area contributed by atoms with E-state index in [1.807, 2.05) is 51.1 Å². The predicted molar refractivity (Wildman–Crippen MR) is 162 cm³/mol. The third kappa shape index (κ3) is 10.4. The minimum Gasteiger partial charge on any atom is -0.508 e. The standard InChI is InChI=1S/C33H49N3O5/c1-9-23(4)28(35-32(40)41-33(6,7)8)31(39)36(24(5)20-19-22(2)3)29(26-17-13-14-18-27(26)37)30(38)34-21-25-15-11-10-12-16-25/h10-18,22-24,28-29,37H,9,19-21H2,1-8H3,(H,34,38)(H,35,40). The van der Waals surface area contributed by atoms with Crippen LogP contribution >= 0.6 is 0 Å². The van der Waals surface area contributed by atoms with Gasteiger partial charge in [0.2, 0.25) is 11.8 Å². The van der Waals surface area contributed by atoms with Gasteiger partial charge in [-0.15, -0.1) is 0 Å². The Labute approximate surface area is 245 Å². The summed E-state index contributed by atoms with van der Waals surface area (Å²) in [6, 6.07) is 13.7. The minimum absolute atomic E-state index is 0.0820. The lowest BCUT2D eigenvalue weighted by Gasteiger charge is -2.40. The second kappa shape index (κ2) is 15.5. The lowest BCUT2D eigenvalue weighted by molar-refractivity contribution is -0.146. The van der Waals surface area contributed by atoms with Crippen molar-refractivity contribution in [2.75, 3.05) is 0 Å². The van der Waals surface area contributed by atoms with Crippen molar-refractivity contribution >= 4 is 17.9 Å². The lowest BCUT2D eigenvalue weighted by atomic mass is 9.93. The molecule has 226 valence electrons. The third-order valence-electron chi connectivity index (χ3n) is 7.11. The van der Waals surface area contributed by atoms with E-state index in [4.69, 9.17) is 4.74 Å². The smallest absolute Gasteiger partial charge is 0.408 e. The van der Waals surface area contributed by atoms with Crippen LogP contribution in [-0.2, 0) is 20.9 Å². The Hall–Kier alpha value is -3.55. The predicted octanol–water partition coefficient (Wildman–Crippen LogP) is 6.34. The van der Waals surface area contributed by atoms with Crippen LogP contribution in [0, 0.1) is 11.8 Å². The van der Waals surface area contributed by atoms with Crippen molar-refractivity contribution in [2.45, 2.75) is 105 Å². The zero-order valence-corrected chi connectivity index (χ0v) is 25.9. The number of phenols is 1. The summed E-state index contributed by atoms with van der Waals surface area (Å²) in [5.74, 6) is -0.756. The Balaban J connectivity index is 2.59. The van der Waals surface area contributed by atoms with Crippen LogP contribution in [0.3, 0.4) is 0 Å². The van der Waals surface area contributed by atoms with E-state index < -0.39 is 35.6 Å². The maximum absolute atomic E-state index is 14.5. The van der Waals surface area contributed by atoms with Crippen molar-refractivity contribution in [2.24, 2.45) is 11.8 Å². The molecule has 0 fully saturated rings. The molecule has 0 aliphatic heterocycles. The summed E-state index contributed by atoms with van der Waals surface area (Å²) < 4.78 is 5.49. The Bertz CT molecular complexity index is 1130. The average Bonchev–Trinajstić information content (AvgIpc) is 2.91. The number of aromatic hydroxyl groups is 1. The van der Waals surface area contributed by atoms with Crippen molar-refractivity contribution in [3.05, 3.63) is 65.7 Å². The Morgan fingerprint density at radius 3 is 2.10 bits per heavy atom. The van der Waals surface area contributed by atoms with Crippen LogP contribution in [0.2, 0.25) is 0 Å². The number of benzene rings is 2. The molecule has 2 aromatic rings. The summed E-state index contributed by atoms with van der Waals surface area (Å²) in [5.41, 5.74) is 0.488. The SMILES string of the molecule is CCC(C)C(NC(=O)OC(C)(C)C)C(=O)N(C(C)CCC(C)C)C(C(=O)NCc1ccccc1)c1ccccc1O. The Morgan fingerprint density at radius 2 is 1.54 bits per heavy atom. The number of amides is 3. The number of para-hydroxylation sites is 1. The molecule has 4 atom stereocenters. The molecule has 0 aliphatic rings. The second-order valence-corrected chi connectivity index (χ2v) is 12.2. The number of carbonyl (C=O) groups excluding carboxylic acids is 3. The first-order chi connectivity index (χ1) is 19.2. The molecule has 2 aromatic carbocycles. The molecule has 2 rings (SSSR count). The molecule has 0 aliphatic carbocycles. The molecule has 0 saturated carbocycles. The number of carbonyl (C=O) groups is 3. The normalized spacial score (nSPS) is 14.5. The first kappa shape index (κ1) is 33.7. The van der Waals surface area contributed by atoms with E-state index >= 15 is 0 Å². The fraction of sp³-hybridized carbons (Fsp3) is 0.545. The van der Waals surface area contributed by atoms with Crippen molar-refractivity contribution < 1.29 is 24.2 Å². The van der Waals surface area contributed by atoms with Crippen LogP contribution in [0.15, 0.2) is 54.6 Å². The van der Waals surface area contributed by atoms with Gasteiger partial charge in [-0.3, -0.25) is 9.59 Å². The maximum Gasteiger partial charge on any atom is 0.408 e. The number of ether oxygens (including phenoxy) is 1. The molecule has 0 bridgehead atoms. The second-order valence-electron chi connectivity index (χ2n) is 12.2. The minimum atomic E-state index is -1.12. The van der Waals surface area contributed by atoms with Gasteiger partial charge in [-0.05, 0) is 64.0 Å². The third-order valence-corrected chi connectivity index (χ3v) is 7.11. The van der Waals surface area contributed by atoms with Gasteiger partial charge in [0.05, 0.1) is 0 Å². The van der Waals surface area contributed by atoms with E-state index in [0.717, 1.165) is 12.0 Å². The van der Waals surface area contributed by atoms with Gasteiger partial charge in [-0.1, -0.05) is 82.6 Å². The highest BCUT2D eigenvalue weighted by Gasteiger charge is 2.41. The van der Waals surface area contributed by atoms with Crippen LogP contribution in [0.4, 0.5) is 4.79 Å². The van der Waals surface area contributed by atoms with Gasteiger partial charge in [-0.25, -0.2) is 4.79 Å². The highest BCUT2D eigenvalue weighted by molar-refractivity contribution is 5.93. The van der Waals surface area contributed by atoms with Crippen molar-refractivity contribution in [1.82, 2.24) is 15.5 Å². The van der Waals surface area contributed by atoms with Crippen LogP contribution in [-0.4, -0.2) is 45.6 Å². The quantitative estimate of drug-likeness (QED) is 0.262. The van der Waals surface area contributed by atoms with Crippen molar-refractivity contribution in [3.8, 4) is 5.75 Å². The van der Waals surface area contributed by atoms with E-state index in [1.165, 1.54) is 6.07 Å². The van der Waals surface area contributed by atoms with Gasteiger partial charge in [0, 0.05) is 18.2 Å². The van der Waals surface area contributed by atoms with E-state index in [9.17, 15) is 19.5 Å². The van der Waals surface area contributed by atoms with Gasteiger partial charge in [-0.2, -0.15) is 0 Å². The topological polar surface area (TPSA) is 108 Å². The summed E-state index contributed by atoms with van der Waals surface area (Å²) >= 11 is 0. The van der Waals surface area contributed by atoms with Crippen LogP contribution in [0.1, 0.15) is 91.8 Å². The summed E-state index contributed by atoms with van der Waals surface area (Å²) in [4.78, 5) is 42.9. The lowest BCUT2D eigenvalue weighted by Crippen LogP contribution is -2.57. The zero-order valence-electron chi connectivity index (χ0n) is 25.9.